The predicted molar refractivity (Wildman–Crippen MR) is 99.7 cm³/mol. The molecule has 134 valence electrons. The van der Waals surface area contributed by atoms with Crippen LogP contribution in [0.3, 0.4) is 0 Å². The van der Waals surface area contributed by atoms with Crippen molar-refractivity contribution in [1.29, 1.82) is 0 Å². The van der Waals surface area contributed by atoms with Gasteiger partial charge >= 0.3 is 6.03 Å². The summed E-state index contributed by atoms with van der Waals surface area (Å²) in [5, 5.41) is 5.77. The number of nitrogens with zero attached hydrogens (tertiary/aromatic N) is 2. The second-order valence-corrected chi connectivity index (χ2v) is 6.43. The van der Waals surface area contributed by atoms with Gasteiger partial charge in [0, 0.05) is 44.0 Å². The van der Waals surface area contributed by atoms with E-state index in [2.05, 4.69) is 27.5 Å². The average molecular weight is 342 g/mol. The second kappa shape index (κ2) is 8.69. The molecule has 2 heterocycles. The largest absolute Gasteiger partial charge is 0.464 e. The molecule has 1 aromatic carbocycles. The van der Waals surface area contributed by atoms with Gasteiger partial charge in [-0.25, -0.2) is 4.79 Å². The molecular formula is C19H26N4O2. The van der Waals surface area contributed by atoms with Gasteiger partial charge in [-0.05, 0) is 56.4 Å². The van der Waals surface area contributed by atoms with Gasteiger partial charge in [0.25, 0.3) is 0 Å². The van der Waals surface area contributed by atoms with Crippen molar-refractivity contribution in [2.45, 2.75) is 6.42 Å². The summed E-state index contributed by atoms with van der Waals surface area (Å²) in [6.45, 7) is 6.20. The highest BCUT2D eigenvalue weighted by Gasteiger charge is 2.12. The summed E-state index contributed by atoms with van der Waals surface area (Å²) in [6, 6.07) is 11.2. The lowest BCUT2D eigenvalue weighted by atomic mass is 10.1. The van der Waals surface area contributed by atoms with Crippen LogP contribution in [0.15, 0.2) is 47.1 Å². The molecule has 0 spiro atoms. The van der Waals surface area contributed by atoms with E-state index in [1.165, 1.54) is 0 Å². The first-order valence-corrected chi connectivity index (χ1v) is 8.80. The molecule has 0 radical (unpaired) electrons. The number of amides is 2. The molecule has 0 unspecified atom stereocenters. The van der Waals surface area contributed by atoms with E-state index < -0.39 is 0 Å². The molecule has 1 fully saturated rings. The zero-order valence-corrected chi connectivity index (χ0v) is 14.7. The molecule has 1 aromatic heterocycles. The van der Waals surface area contributed by atoms with Gasteiger partial charge in [0.05, 0.1) is 6.26 Å². The zero-order valence-electron chi connectivity index (χ0n) is 14.7. The van der Waals surface area contributed by atoms with Crippen LogP contribution in [0, 0.1) is 0 Å². The van der Waals surface area contributed by atoms with Crippen LogP contribution in [0.25, 0.3) is 11.3 Å². The van der Waals surface area contributed by atoms with Crippen LogP contribution in [0.2, 0.25) is 0 Å². The lowest BCUT2D eigenvalue weighted by Gasteiger charge is -2.32. The Labute approximate surface area is 148 Å². The molecule has 2 N–H and O–H groups in total. The molecule has 2 amide bonds. The Morgan fingerprint density at radius 1 is 1.12 bits per heavy atom. The van der Waals surface area contributed by atoms with Gasteiger partial charge in [-0.3, -0.25) is 0 Å². The van der Waals surface area contributed by atoms with Gasteiger partial charge in [0.2, 0.25) is 0 Å². The third kappa shape index (κ3) is 5.34. The summed E-state index contributed by atoms with van der Waals surface area (Å²) in [6.07, 6.45) is 2.62. The summed E-state index contributed by atoms with van der Waals surface area (Å²) in [5.41, 5.74) is 1.76. The molecule has 0 atom stereocenters. The number of nitrogens with one attached hydrogen (secondary N) is 2. The Morgan fingerprint density at radius 2 is 1.88 bits per heavy atom. The molecule has 25 heavy (non-hydrogen) atoms. The van der Waals surface area contributed by atoms with Crippen molar-refractivity contribution in [2.24, 2.45) is 0 Å². The minimum absolute atomic E-state index is 0.163. The number of anilines is 1. The maximum Gasteiger partial charge on any atom is 0.319 e. The predicted octanol–water partition coefficient (Wildman–Crippen LogP) is 2.71. The highest BCUT2D eigenvalue weighted by Crippen LogP contribution is 2.21. The van der Waals surface area contributed by atoms with E-state index in [0.717, 1.165) is 56.2 Å². The van der Waals surface area contributed by atoms with Gasteiger partial charge in [0.1, 0.15) is 5.76 Å². The first-order chi connectivity index (χ1) is 12.2. The number of benzene rings is 1. The summed E-state index contributed by atoms with van der Waals surface area (Å²) in [7, 11) is 2.16. The quantitative estimate of drug-likeness (QED) is 0.793. The molecule has 6 nitrogen and oxygen atoms in total. The lowest BCUT2D eigenvalue weighted by molar-refractivity contribution is 0.153. The lowest BCUT2D eigenvalue weighted by Crippen LogP contribution is -2.45. The van der Waals surface area contributed by atoms with Crippen molar-refractivity contribution in [2.75, 3.05) is 51.6 Å². The Balaban J connectivity index is 1.35. The molecule has 0 bridgehead atoms. The minimum atomic E-state index is -0.163. The van der Waals surface area contributed by atoms with E-state index in [9.17, 15) is 4.79 Å². The first kappa shape index (κ1) is 17.5. The summed E-state index contributed by atoms with van der Waals surface area (Å²) in [5.74, 6) is 0.819. The van der Waals surface area contributed by atoms with E-state index >= 15 is 0 Å². The van der Waals surface area contributed by atoms with Gasteiger partial charge in [-0.1, -0.05) is 0 Å². The summed E-state index contributed by atoms with van der Waals surface area (Å²) < 4.78 is 5.36. The minimum Gasteiger partial charge on any atom is -0.464 e. The van der Waals surface area contributed by atoms with Crippen LogP contribution >= 0.6 is 0 Å². The van der Waals surface area contributed by atoms with Crippen molar-refractivity contribution >= 4 is 11.7 Å². The molecule has 2 aromatic rings. The number of carbonyl (C=O) groups is 1. The fourth-order valence-electron chi connectivity index (χ4n) is 2.91. The monoisotopic (exact) mass is 342 g/mol. The van der Waals surface area contributed by atoms with E-state index in [-0.39, 0.29) is 6.03 Å². The Hall–Kier alpha value is -2.31. The number of urea groups is 1. The van der Waals surface area contributed by atoms with E-state index in [4.69, 9.17) is 4.42 Å². The van der Waals surface area contributed by atoms with Crippen LogP contribution in [-0.2, 0) is 0 Å². The van der Waals surface area contributed by atoms with Gasteiger partial charge in [0.15, 0.2) is 0 Å². The Kier molecular flexibility index (Phi) is 6.09. The second-order valence-electron chi connectivity index (χ2n) is 6.43. The molecule has 1 aliphatic heterocycles. The average Bonchev–Trinajstić information content (AvgIpc) is 3.15. The molecule has 6 heteroatoms. The molecule has 0 saturated carbocycles. The highest BCUT2D eigenvalue weighted by molar-refractivity contribution is 5.89. The fourth-order valence-corrected chi connectivity index (χ4v) is 2.91. The van der Waals surface area contributed by atoms with Crippen molar-refractivity contribution in [3.8, 4) is 11.3 Å². The zero-order chi connectivity index (χ0) is 17.5. The van der Waals surface area contributed by atoms with Crippen molar-refractivity contribution < 1.29 is 9.21 Å². The van der Waals surface area contributed by atoms with Crippen molar-refractivity contribution in [3.63, 3.8) is 0 Å². The van der Waals surface area contributed by atoms with Gasteiger partial charge in [-0.2, -0.15) is 0 Å². The van der Waals surface area contributed by atoms with Crippen LogP contribution in [0.1, 0.15) is 6.42 Å². The number of hydrogen-bond acceptors (Lipinski definition) is 4. The summed E-state index contributed by atoms with van der Waals surface area (Å²) in [4.78, 5) is 16.8. The topological polar surface area (TPSA) is 60.8 Å². The maximum absolute atomic E-state index is 12.0. The van der Waals surface area contributed by atoms with E-state index in [0.29, 0.717) is 6.54 Å². The first-order valence-electron chi connectivity index (χ1n) is 8.80. The molecule has 1 saturated heterocycles. The van der Waals surface area contributed by atoms with Crippen LogP contribution < -0.4 is 10.6 Å². The van der Waals surface area contributed by atoms with Crippen LogP contribution in [0.4, 0.5) is 10.5 Å². The maximum atomic E-state index is 12.0. The van der Waals surface area contributed by atoms with Crippen molar-refractivity contribution in [1.82, 2.24) is 15.1 Å². The third-order valence-electron chi connectivity index (χ3n) is 4.48. The number of piperazine rings is 1. The number of rotatable bonds is 6. The van der Waals surface area contributed by atoms with Crippen molar-refractivity contribution in [3.05, 3.63) is 42.7 Å². The highest BCUT2D eigenvalue weighted by atomic mass is 16.3. The summed E-state index contributed by atoms with van der Waals surface area (Å²) >= 11 is 0. The smallest absolute Gasteiger partial charge is 0.319 e. The molecule has 1 aliphatic rings. The molecule has 0 aliphatic carbocycles. The van der Waals surface area contributed by atoms with Crippen LogP contribution in [-0.4, -0.2) is 62.1 Å². The number of hydrogen-bond donors (Lipinski definition) is 2. The standard InChI is InChI=1S/C19H26N4O2/c1-22-11-13-23(14-12-22)10-3-9-20-19(24)21-17-7-5-16(6-8-17)18-4-2-15-25-18/h2,4-8,15H,3,9-14H2,1H3,(H2,20,21,24). The normalized spacial score (nSPS) is 15.9. The molecular weight excluding hydrogens is 316 g/mol. The van der Waals surface area contributed by atoms with Gasteiger partial charge in [-0.15, -0.1) is 0 Å². The molecule has 3 rings (SSSR count). The van der Waals surface area contributed by atoms with E-state index in [1.807, 2.05) is 36.4 Å². The fraction of sp³-hybridized carbons (Fsp3) is 0.421. The Morgan fingerprint density at radius 3 is 2.56 bits per heavy atom. The number of furan rings is 1. The van der Waals surface area contributed by atoms with Crippen LogP contribution in [0.5, 0.6) is 0 Å². The Bertz CT molecular complexity index is 647. The number of likely N-dealkylation sites (N-methyl/N-ethyl adjacent to an activating group) is 1. The van der Waals surface area contributed by atoms with Gasteiger partial charge < -0.3 is 24.9 Å². The van der Waals surface area contributed by atoms with E-state index in [1.54, 1.807) is 6.26 Å². The third-order valence-corrected chi connectivity index (χ3v) is 4.48. The SMILES string of the molecule is CN1CCN(CCCNC(=O)Nc2ccc(-c3ccco3)cc2)CC1. The number of carbonyl (C=O) groups excluding carboxylic acids is 1.